The van der Waals surface area contributed by atoms with E-state index in [1.807, 2.05) is 0 Å². The van der Waals surface area contributed by atoms with Crippen molar-refractivity contribution in [3.63, 3.8) is 0 Å². The number of ether oxygens (including phenoxy) is 4. The molecule has 5 heteroatoms. The summed E-state index contributed by atoms with van der Waals surface area (Å²) in [5.74, 6) is 0.731. The number of fused-ring (bicyclic) bond motifs is 4. The molecule has 2 saturated heterocycles. The number of hydrogen-bond donors (Lipinski definition) is 0. The van der Waals surface area contributed by atoms with E-state index in [-0.39, 0.29) is 17.5 Å². The Balaban J connectivity index is 1.28. The smallest absolute Gasteiger partial charge is 0.172 e. The highest BCUT2D eigenvalue weighted by atomic mass is 16.7. The lowest BCUT2D eigenvalue weighted by molar-refractivity contribution is -0.235. The molecule has 0 N–H and O–H groups in total. The molecule has 2 heterocycles. The second-order valence-electron chi connectivity index (χ2n) is 10.8. The Bertz CT molecular complexity index is 844. The van der Waals surface area contributed by atoms with Gasteiger partial charge < -0.3 is 18.9 Å². The fraction of sp³-hybridized carbons (Fsp3) is 0.808. The van der Waals surface area contributed by atoms with Crippen LogP contribution in [0, 0.1) is 28.6 Å². The van der Waals surface area contributed by atoms with Gasteiger partial charge in [-0.2, -0.15) is 5.26 Å². The predicted molar refractivity (Wildman–Crippen MR) is 115 cm³/mol. The van der Waals surface area contributed by atoms with E-state index in [0.29, 0.717) is 11.8 Å². The number of allylic oxidation sites excluding steroid dienone is 3. The van der Waals surface area contributed by atoms with E-state index in [1.165, 1.54) is 6.42 Å². The predicted octanol–water partition coefficient (Wildman–Crippen LogP) is 5.17. The average Bonchev–Trinajstić information content (AvgIpc) is 3.36. The van der Waals surface area contributed by atoms with Crippen LogP contribution in [0.15, 0.2) is 22.8 Å². The molecule has 0 bridgehead atoms. The molecule has 0 aromatic heterocycles. The van der Waals surface area contributed by atoms with Gasteiger partial charge in [-0.15, -0.1) is 0 Å². The molecule has 2 aliphatic heterocycles. The summed E-state index contributed by atoms with van der Waals surface area (Å²) in [6.07, 6.45) is 13.6. The minimum Gasteiger partial charge on any atom is -0.353 e. The molecular weight excluding hydrogens is 390 g/mol. The van der Waals surface area contributed by atoms with Crippen molar-refractivity contribution in [2.24, 2.45) is 17.3 Å². The monoisotopic (exact) mass is 425 g/mol. The van der Waals surface area contributed by atoms with Gasteiger partial charge in [0.1, 0.15) is 0 Å². The molecule has 3 unspecified atom stereocenters. The highest BCUT2D eigenvalue weighted by molar-refractivity contribution is 5.45. The maximum absolute atomic E-state index is 10.4. The van der Waals surface area contributed by atoms with Gasteiger partial charge >= 0.3 is 0 Å². The van der Waals surface area contributed by atoms with Crippen molar-refractivity contribution in [1.29, 1.82) is 5.26 Å². The minimum atomic E-state index is -0.724. The summed E-state index contributed by atoms with van der Waals surface area (Å²) in [5, 5.41) is 10.4. The lowest BCUT2D eigenvalue weighted by Crippen LogP contribution is -2.52. The molecule has 0 amide bonds. The normalized spacial score (nSPS) is 43.7. The Morgan fingerprint density at radius 1 is 1.06 bits per heavy atom. The molecule has 4 aliphatic carbocycles. The molecule has 5 atom stereocenters. The van der Waals surface area contributed by atoms with Crippen LogP contribution < -0.4 is 0 Å². The minimum absolute atomic E-state index is 0.137. The van der Waals surface area contributed by atoms with Crippen LogP contribution in [0.25, 0.3) is 0 Å². The molecule has 3 fully saturated rings. The van der Waals surface area contributed by atoms with Crippen LogP contribution in [-0.2, 0) is 18.9 Å². The standard InChI is InChI=1S/C26H35NO4/c1-24-10-7-20-19-8-12-26(29-14-15-30-26)16-18(19)5-6-21(20)22(24)9-11-25(24,17-27)31-23-4-2-3-13-28-23/h7,21-23H,2-6,8-16H2,1H3/t21?,22?,23-,24?,25-/m0/s1. The maximum Gasteiger partial charge on any atom is 0.172 e. The first-order valence-electron chi connectivity index (χ1n) is 12.5. The van der Waals surface area contributed by atoms with Gasteiger partial charge in [-0.1, -0.05) is 18.6 Å². The molecule has 0 aromatic rings. The summed E-state index contributed by atoms with van der Waals surface area (Å²) < 4.78 is 24.5. The van der Waals surface area contributed by atoms with Crippen molar-refractivity contribution >= 4 is 0 Å². The van der Waals surface area contributed by atoms with Crippen LogP contribution in [0.4, 0.5) is 0 Å². The second kappa shape index (κ2) is 7.42. The summed E-state index contributed by atoms with van der Waals surface area (Å²) in [6.45, 7) is 4.54. The Labute approximate surface area is 185 Å². The highest BCUT2D eigenvalue weighted by Gasteiger charge is 2.63. The van der Waals surface area contributed by atoms with Crippen molar-refractivity contribution in [1.82, 2.24) is 0 Å². The van der Waals surface area contributed by atoms with Crippen molar-refractivity contribution in [3.8, 4) is 6.07 Å². The zero-order chi connectivity index (χ0) is 21.1. The van der Waals surface area contributed by atoms with Crippen LogP contribution in [0.5, 0.6) is 0 Å². The zero-order valence-corrected chi connectivity index (χ0v) is 18.8. The van der Waals surface area contributed by atoms with Gasteiger partial charge in [0.15, 0.2) is 17.7 Å². The van der Waals surface area contributed by atoms with E-state index < -0.39 is 5.60 Å². The third-order valence-corrected chi connectivity index (χ3v) is 9.42. The van der Waals surface area contributed by atoms with Crippen LogP contribution in [0.3, 0.4) is 0 Å². The molecule has 5 nitrogen and oxygen atoms in total. The summed E-state index contributed by atoms with van der Waals surface area (Å²) in [7, 11) is 0. The second-order valence-corrected chi connectivity index (χ2v) is 10.8. The number of nitriles is 1. The lowest BCUT2D eigenvalue weighted by Gasteiger charge is -2.51. The third kappa shape index (κ3) is 3.02. The lowest BCUT2D eigenvalue weighted by atomic mass is 9.56. The Morgan fingerprint density at radius 2 is 1.94 bits per heavy atom. The van der Waals surface area contributed by atoms with Crippen molar-refractivity contribution in [2.75, 3.05) is 19.8 Å². The van der Waals surface area contributed by atoms with E-state index in [0.717, 1.165) is 84.0 Å². The molecule has 1 saturated carbocycles. The Hall–Kier alpha value is -1.19. The number of nitrogens with zero attached hydrogens (tertiary/aromatic N) is 1. The highest BCUT2D eigenvalue weighted by Crippen LogP contribution is 2.64. The first-order chi connectivity index (χ1) is 15.1. The van der Waals surface area contributed by atoms with E-state index in [1.54, 1.807) is 16.7 Å². The summed E-state index contributed by atoms with van der Waals surface area (Å²) in [5.41, 5.74) is 3.88. The fourth-order valence-electron chi connectivity index (χ4n) is 7.72. The third-order valence-electron chi connectivity index (χ3n) is 9.42. The quantitative estimate of drug-likeness (QED) is 0.611. The molecule has 1 spiro atoms. The van der Waals surface area contributed by atoms with E-state index >= 15 is 0 Å². The van der Waals surface area contributed by atoms with E-state index in [4.69, 9.17) is 18.9 Å². The Kier molecular flexibility index (Phi) is 4.89. The van der Waals surface area contributed by atoms with Crippen LogP contribution in [0.2, 0.25) is 0 Å². The summed E-state index contributed by atoms with van der Waals surface area (Å²) in [6, 6.07) is 2.67. The molecule has 31 heavy (non-hydrogen) atoms. The fourth-order valence-corrected chi connectivity index (χ4v) is 7.72. The van der Waals surface area contributed by atoms with Gasteiger partial charge in [-0.05, 0) is 80.8 Å². The summed E-state index contributed by atoms with van der Waals surface area (Å²) in [4.78, 5) is 0. The Morgan fingerprint density at radius 3 is 2.71 bits per heavy atom. The molecular formula is C26H35NO4. The first-order valence-corrected chi connectivity index (χ1v) is 12.5. The molecule has 0 radical (unpaired) electrons. The van der Waals surface area contributed by atoms with Crippen molar-refractivity contribution in [2.45, 2.75) is 95.2 Å². The average molecular weight is 426 g/mol. The SMILES string of the molecule is CC12CC=C3C4=C(CCC3C1CC[C@@]2(C#N)O[C@H]1CCCCO1)CC1(CC4)OCCO1. The van der Waals surface area contributed by atoms with Gasteiger partial charge in [-0.25, -0.2) is 0 Å². The van der Waals surface area contributed by atoms with Gasteiger partial charge in [0.2, 0.25) is 0 Å². The number of rotatable bonds is 2. The van der Waals surface area contributed by atoms with Gasteiger partial charge in [0, 0.05) is 24.9 Å². The molecule has 0 aromatic carbocycles. The molecule has 6 rings (SSSR count). The van der Waals surface area contributed by atoms with Crippen molar-refractivity contribution < 1.29 is 18.9 Å². The van der Waals surface area contributed by atoms with E-state index in [2.05, 4.69) is 19.1 Å². The van der Waals surface area contributed by atoms with Gasteiger partial charge in [0.25, 0.3) is 0 Å². The largest absolute Gasteiger partial charge is 0.353 e. The molecule has 6 aliphatic rings. The van der Waals surface area contributed by atoms with Gasteiger partial charge in [0.05, 0.1) is 19.3 Å². The van der Waals surface area contributed by atoms with Crippen LogP contribution in [0.1, 0.15) is 77.6 Å². The zero-order valence-electron chi connectivity index (χ0n) is 18.8. The van der Waals surface area contributed by atoms with Gasteiger partial charge in [-0.3, -0.25) is 0 Å². The summed E-state index contributed by atoms with van der Waals surface area (Å²) >= 11 is 0. The van der Waals surface area contributed by atoms with Crippen LogP contribution >= 0.6 is 0 Å². The van der Waals surface area contributed by atoms with Crippen molar-refractivity contribution in [3.05, 3.63) is 22.8 Å². The first kappa shape index (κ1) is 20.4. The topological polar surface area (TPSA) is 60.7 Å². The van der Waals surface area contributed by atoms with Crippen LogP contribution in [-0.4, -0.2) is 37.5 Å². The van der Waals surface area contributed by atoms with E-state index in [9.17, 15) is 5.26 Å². The molecule has 168 valence electrons. The maximum atomic E-state index is 10.4. The number of hydrogen-bond acceptors (Lipinski definition) is 5.